The number of aromatic carboxylic acids is 1. The maximum atomic E-state index is 12.2. The molecule has 118 valence electrons. The number of hydrogen-bond donors (Lipinski definition) is 2. The van der Waals surface area contributed by atoms with E-state index < -0.39 is 11.5 Å². The molecular formula is C16H16N4O3. The Morgan fingerprint density at radius 3 is 2.74 bits per heavy atom. The lowest BCUT2D eigenvalue weighted by Gasteiger charge is -2.21. The highest BCUT2D eigenvalue weighted by Gasteiger charge is 2.43. The second-order valence-corrected chi connectivity index (χ2v) is 5.96. The number of carboxylic acid groups (broad SMARTS) is 1. The summed E-state index contributed by atoms with van der Waals surface area (Å²) < 4.78 is 0. The van der Waals surface area contributed by atoms with Crippen molar-refractivity contribution in [3.8, 4) is 0 Å². The third-order valence-electron chi connectivity index (χ3n) is 4.20. The fourth-order valence-electron chi connectivity index (χ4n) is 2.40. The van der Waals surface area contributed by atoms with E-state index in [9.17, 15) is 14.7 Å². The maximum Gasteiger partial charge on any atom is 0.338 e. The molecule has 0 saturated heterocycles. The fraction of sp³-hybridized carbons (Fsp3) is 0.312. The van der Waals surface area contributed by atoms with Crippen LogP contribution in [0.5, 0.6) is 0 Å². The fourth-order valence-corrected chi connectivity index (χ4v) is 2.40. The normalized spacial score (nSPS) is 20.7. The van der Waals surface area contributed by atoms with Crippen molar-refractivity contribution in [2.24, 2.45) is 10.9 Å². The number of carbonyl (C=O) groups is 2. The van der Waals surface area contributed by atoms with Crippen molar-refractivity contribution in [1.82, 2.24) is 15.3 Å². The Morgan fingerprint density at radius 2 is 2.13 bits per heavy atom. The van der Waals surface area contributed by atoms with Gasteiger partial charge in [0.1, 0.15) is 11.2 Å². The summed E-state index contributed by atoms with van der Waals surface area (Å²) in [5.74, 6) is -1.25. The van der Waals surface area contributed by atoms with Crippen LogP contribution < -0.4 is 5.32 Å². The third-order valence-corrected chi connectivity index (χ3v) is 4.20. The number of amidine groups is 1. The molecule has 1 aliphatic rings. The lowest BCUT2D eigenvalue weighted by Crippen LogP contribution is -2.41. The molecule has 0 spiro atoms. The molecule has 3 heterocycles. The molecule has 0 saturated carbocycles. The molecule has 1 atom stereocenters. The monoisotopic (exact) mass is 312 g/mol. The smallest absolute Gasteiger partial charge is 0.338 e. The van der Waals surface area contributed by atoms with Gasteiger partial charge in [0.25, 0.3) is 5.91 Å². The van der Waals surface area contributed by atoms with Crippen LogP contribution in [0.2, 0.25) is 0 Å². The van der Waals surface area contributed by atoms with E-state index >= 15 is 0 Å². The number of nitrogens with zero attached hydrogens (tertiary/aromatic N) is 3. The second-order valence-electron chi connectivity index (χ2n) is 5.96. The summed E-state index contributed by atoms with van der Waals surface area (Å²) in [5, 5.41) is 12.7. The van der Waals surface area contributed by atoms with Crippen molar-refractivity contribution < 1.29 is 14.7 Å². The van der Waals surface area contributed by atoms with Gasteiger partial charge >= 0.3 is 5.97 Å². The van der Waals surface area contributed by atoms with Crippen LogP contribution in [0, 0.1) is 5.92 Å². The summed E-state index contributed by atoms with van der Waals surface area (Å²) in [6, 6.07) is 4.94. The first-order valence-corrected chi connectivity index (χ1v) is 7.23. The average molecular weight is 312 g/mol. The van der Waals surface area contributed by atoms with Crippen LogP contribution in [0.25, 0.3) is 11.0 Å². The first kappa shape index (κ1) is 15.1. The third kappa shape index (κ3) is 2.34. The zero-order valence-electron chi connectivity index (χ0n) is 13.0. The Hall–Kier alpha value is -2.83. The molecule has 2 aromatic heterocycles. The molecule has 23 heavy (non-hydrogen) atoms. The van der Waals surface area contributed by atoms with Gasteiger partial charge in [0, 0.05) is 11.6 Å². The molecule has 2 aromatic rings. The molecule has 7 heteroatoms. The predicted octanol–water partition coefficient (Wildman–Crippen LogP) is 1.62. The number of nitrogens with one attached hydrogen (secondary N) is 1. The van der Waals surface area contributed by atoms with Crippen LogP contribution in [0.4, 0.5) is 0 Å². The highest BCUT2D eigenvalue weighted by atomic mass is 16.4. The number of carbonyl (C=O) groups excluding carboxylic acids is 1. The topological polar surface area (TPSA) is 105 Å². The minimum atomic E-state index is -1.13. The molecule has 0 fully saturated rings. The van der Waals surface area contributed by atoms with Crippen molar-refractivity contribution in [3.05, 3.63) is 35.7 Å². The number of carboxylic acids is 1. The van der Waals surface area contributed by atoms with E-state index in [1.807, 2.05) is 13.8 Å². The summed E-state index contributed by atoms with van der Waals surface area (Å²) in [7, 11) is 0. The molecule has 7 nitrogen and oxygen atoms in total. The number of amides is 1. The number of aromatic nitrogens is 2. The first-order chi connectivity index (χ1) is 10.8. The summed E-state index contributed by atoms with van der Waals surface area (Å²) in [5.41, 5.74) is -0.423. The Labute approximate surface area is 132 Å². The van der Waals surface area contributed by atoms with Crippen molar-refractivity contribution in [1.29, 1.82) is 0 Å². The number of hydrogen-bond acceptors (Lipinski definition) is 5. The Balaban J connectivity index is 2.22. The minimum Gasteiger partial charge on any atom is -0.478 e. The van der Waals surface area contributed by atoms with Gasteiger partial charge in [-0.05, 0) is 31.0 Å². The Bertz CT molecular complexity index is 860. The number of pyridine rings is 2. The van der Waals surface area contributed by atoms with Crippen LogP contribution in [0.3, 0.4) is 0 Å². The average Bonchev–Trinajstić information content (AvgIpc) is 2.82. The van der Waals surface area contributed by atoms with E-state index in [1.54, 1.807) is 25.3 Å². The van der Waals surface area contributed by atoms with Gasteiger partial charge in [-0.25, -0.2) is 19.8 Å². The van der Waals surface area contributed by atoms with Gasteiger partial charge in [0.15, 0.2) is 11.5 Å². The van der Waals surface area contributed by atoms with Gasteiger partial charge in [-0.15, -0.1) is 0 Å². The SMILES string of the molecule is CC(C)C1(C)N=C(c2nc3ncccc3cc2C(=O)O)NC1=O. The van der Waals surface area contributed by atoms with E-state index in [-0.39, 0.29) is 28.9 Å². The molecule has 3 rings (SSSR count). The van der Waals surface area contributed by atoms with E-state index in [2.05, 4.69) is 20.3 Å². The molecule has 0 aliphatic carbocycles. The first-order valence-electron chi connectivity index (χ1n) is 7.23. The zero-order valence-corrected chi connectivity index (χ0v) is 13.0. The second kappa shape index (κ2) is 5.12. The standard InChI is InChI=1S/C16H16N4O3/c1-8(2)16(3)15(23)19-13(20-16)11-10(14(21)22)7-9-5-4-6-17-12(9)18-11/h4-8H,1-3H3,(H,21,22)(H,19,20,23). The van der Waals surface area contributed by atoms with Crippen LogP contribution in [0.15, 0.2) is 29.4 Å². The maximum absolute atomic E-state index is 12.2. The molecule has 1 aliphatic heterocycles. The van der Waals surface area contributed by atoms with Gasteiger partial charge < -0.3 is 10.4 Å². The Kier molecular flexibility index (Phi) is 3.35. The lowest BCUT2D eigenvalue weighted by atomic mass is 9.89. The molecule has 0 aromatic carbocycles. The highest BCUT2D eigenvalue weighted by molar-refractivity contribution is 6.18. The van der Waals surface area contributed by atoms with Gasteiger partial charge in [0.05, 0.1) is 5.56 Å². The van der Waals surface area contributed by atoms with Crippen molar-refractivity contribution in [2.45, 2.75) is 26.3 Å². The zero-order chi connectivity index (χ0) is 16.8. The number of rotatable bonds is 3. The quantitative estimate of drug-likeness (QED) is 0.896. The lowest BCUT2D eigenvalue weighted by molar-refractivity contribution is -0.124. The largest absolute Gasteiger partial charge is 0.478 e. The summed E-state index contributed by atoms with van der Waals surface area (Å²) >= 11 is 0. The van der Waals surface area contributed by atoms with E-state index in [0.717, 1.165) is 0 Å². The van der Waals surface area contributed by atoms with Gasteiger partial charge in [-0.2, -0.15) is 0 Å². The van der Waals surface area contributed by atoms with E-state index in [0.29, 0.717) is 11.0 Å². The predicted molar refractivity (Wildman–Crippen MR) is 84.4 cm³/mol. The minimum absolute atomic E-state index is 0.0162. The molecule has 2 N–H and O–H groups in total. The van der Waals surface area contributed by atoms with Crippen LogP contribution in [-0.2, 0) is 4.79 Å². The van der Waals surface area contributed by atoms with Crippen LogP contribution in [0.1, 0.15) is 36.8 Å². The number of fused-ring (bicyclic) bond motifs is 1. The molecule has 0 radical (unpaired) electrons. The van der Waals surface area contributed by atoms with E-state index in [1.165, 1.54) is 6.07 Å². The van der Waals surface area contributed by atoms with Gasteiger partial charge in [0.2, 0.25) is 0 Å². The van der Waals surface area contributed by atoms with E-state index in [4.69, 9.17) is 0 Å². The summed E-state index contributed by atoms with van der Waals surface area (Å²) in [6.45, 7) is 5.50. The highest BCUT2D eigenvalue weighted by Crippen LogP contribution is 2.27. The van der Waals surface area contributed by atoms with Crippen molar-refractivity contribution >= 4 is 28.7 Å². The molecule has 1 amide bonds. The van der Waals surface area contributed by atoms with Crippen molar-refractivity contribution in [2.75, 3.05) is 0 Å². The summed E-state index contributed by atoms with van der Waals surface area (Å²) in [4.78, 5) is 36.7. The number of aliphatic imine (C=N–C) groups is 1. The van der Waals surface area contributed by atoms with Gasteiger partial charge in [-0.1, -0.05) is 13.8 Å². The molecular weight excluding hydrogens is 296 g/mol. The summed E-state index contributed by atoms with van der Waals surface area (Å²) in [6.07, 6.45) is 1.58. The van der Waals surface area contributed by atoms with Gasteiger partial charge in [-0.3, -0.25) is 4.79 Å². The Morgan fingerprint density at radius 1 is 1.39 bits per heavy atom. The van der Waals surface area contributed by atoms with Crippen molar-refractivity contribution in [3.63, 3.8) is 0 Å². The van der Waals surface area contributed by atoms with Crippen LogP contribution in [-0.4, -0.2) is 38.3 Å². The van der Waals surface area contributed by atoms with Crippen LogP contribution >= 0.6 is 0 Å². The molecule has 0 bridgehead atoms. The molecule has 1 unspecified atom stereocenters.